The number of amides is 2. The molecule has 4 rings (SSSR count). The van der Waals surface area contributed by atoms with Crippen molar-refractivity contribution in [1.82, 2.24) is 14.8 Å². The highest BCUT2D eigenvalue weighted by molar-refractivity contribution is 6.30. The lowest BCUT2D eigenvalue weighted by Crippen LogP contribution is -2.47. The van der Waals surface area contributed by atoms with Gasteiger partial charge in [0.25, 0.3) is 11.8 Å². The number of halogens is 3. The minimum absolute atomic E-state index is 0.0213. The average molecular weight is 530 g/mol. The molecule has 1 aliphatic rings. The Morgan fingerprint density at radius 3 is 2.43 bits per heavy atom. The summed E-state index contributed by atoms with van der Waals surface area (Å²) < 4.78 is 34.2. The van der Waals surface area contributed by atoms with Gasteiger partial charge in [-0.3, -0.25) is 9.59 Å². The molecule has 1 aromatic heterocycles. The number of piperazine rings is 1. The topological polar surface area (TPSA) is 101 Å². The van der Waals surface area contributed by atoms with E-state index in [0.29, 0.717) is 24.3 Å². The van der Waals surface area contributed by atoms with Crippen molar-refractivity contribution in [3.63, 3.8) is 0 Å². The Morgan fingerprint density at radius 1 is 1.08 bits per heavy atom. The number of nitrogens with two attached hydrogens (primary N) is 1. The van der Waals surface area contributed by atoms with E-state index in [9.17, 15) is 18.4 Å². The minimum Gasteiger partial charge on any atom is -0.482 e. The van der Waals surface area contributed by atoms with E-state index >= 15 is 0 Å². The van der Waals surface area contributed by atoms with E-state index in [4.69, 9.17) is 22.1 Å². The Balaban J connectivity index is 1.44. The molecule has 1 fully saturated rings. The zero-order valence-corrected chi connectivity index (χ0v) is 21.1. The van der Waals surface area contributed by atoms with Gasteiger partial charge in [-0.25, -0.2) is 13.8 Å². The Hall–Kier alpha value is -3.76. The Kier molecular flexibility index (Phi) is 7.89. The first kappa shape index (κ1) is 26.3. The molecule has 0 bridgehead atoms. The van der Waals surface area contributed by atoms with Gasteiger partial charge in [0, 0.05) is 43.6 Å². The molecular weight excluding hydrogens is 504 g/mol. The highest BCUT2D eigenvalue weighted by Crippen LogP contribution is 2.32. The third-order valence-electron chi connectivity index (χ3n) is 6.11. The van der Waals surface area contributed by atoms with Crippen LogP contribution in [0.5, 0.6) is 5.75 Å². The van der Waals surface area contributed by atoms with Gasteiger partial charge in [0.15, 0.2) is 17.4 Å². The van der Waals surface area contributed by atoms with Crippen molar-refractivity contribution in [2.24, 2.45) is 0 Å². The van der Waals surface area contributed by atoms with E-state index in [2.05, 4.69) is 15.2 Å². The molecular formula is C26H26ClF2N5O3. The van der Waals surface area contributed by atoms with Gasteiger partial charge in [-0.05, 0) is 56.4 Å². The quantitative estimate of drug-likeness (QED) is 0.460. The lowest BCUT2D eigenvalue weighted by molar-refractivity contribution is 0.0664. The fraction of sp³-hybridized carbons (Fsp3) is 0.269. The average Bonchev–Trinajstić information content (AvgIpc) is 2.88. The molecule has 0 radical (unpaired) electrons. The molecule has 2 amide bonds. The number of hydrogen-bond acceptors (Lipinski definition) is 6. The van der Waals surface area contributed by atoms with Crippen molar-refractivity contribution < 1.29 is 23.1 Å². The second-order valence-corrected chi connectivity index (χ2v) is 9.16. The van der Waals surface area contributed by atoms with Crippen molar-refractivity contribution in [1.29, 1.82) is 0 Å². The van der Waals surface area contributed by atoms with Gasteiger partial charge in [-0.15, -0.1) is 0 Å². The zero-order valence-electron chi connectivity index (χ0n) is 20.3. The van der Waals surface area contributed by atoms with Crippen molar-refractivity contribution in [2.45, 2.75) is 13.0 Å². The summed E-state index contributed by atoms with van der Waals surface area (Å²) in [5, 5.41) is 2.47. The van der Waals surface area contributed by atoms with Crippen LogP contribution in [-0.4, -0.2) is 59.8 Å². The number of benzene rings is 2. The lowest BCUT2D eigenvalue weighted by atomic mass is 10.1. The maximum absolute atomic E-state index is 14.4. The Labute approximate surface area is 218 Å². The molecule has 3 N–H and O–H groups in total. The SMILES string of the molecule is C[C@@H](Oc1cc(C(=O)Nc2ccc(C(=O)N3CCN(C)CC3)cc2)cnc1N)c1c(F)ccc(Cl)c1F. The number of pyridine rings is 1. The van der Waals surface area contributed by atoms with Crippen molar-refractivity contribution in [2.75, 3.05) is 44.3 Å². The molecule has 1 saturated heterocycles. The second-order valence-electron chi connectivity index (χ2n) is 8.75. The maximum Gasteiger partial charge on any atom is 0.257 e. The first-order valence-electron chi connectivity index (χ1n) is 11.6. The van der Waals surface area contributed by atoms with Crippen LogP contribution >= 0.6 is 11.6 Å². The van der Waals surface area contributed by atoms with Crippen LogP contribution < -0.4 is 15.8 Å². The standard InChI is InChI=1S/C26H26ClF2N5O3/c1-15(22-20(28)8-7-19(27)23(22)29)37-21-13-17(14-31-24(21)30)25(35)32-18-5-3-16(4-6-18)26(36)34-11-9-33(2)10-12-34/h3-8,13-15H,9-12H2,1-2H3,(H2,30,31)(H,32,35)/t15-/m1/s1. The third-order valence-corrected chi connectivity index (χ3v) is 6.41. The number of nitrogens with one attached hydrogen (secondary N) is 1. The molecule has 1 atom stereocenters. The molecule has 2 aromatic carbocycles. The van der Waals surface area contributed by atoms with Gasteiger partial charge in [0.2, 0.25) is 0 Å². The highest BCUT2D eigenvalue weighted by atomic mass is 35.5. The molecule has 0 saturated carbocycles. The number of aromatic nitrogens is 1. The highest BCUT2D eigenvalue weighted by Gasteiger charge is 2.23. The number of carbonyl (C=O) groups is 2. The van der Waals surface area contributed by atoms with Crippen LogP contribution in [0.4, 0.5) is 20.3 Å². The largest absolute Gasteiger partial charge is 0.482 e. The van der Waals surface area contributed by atoms with E-state index < -0.39 is 23.6 Å². The molecule has 194 valence electrons. The molecule has 3 aromatic rings. The number of likely N-dealkylation sites (N-methyl/N-ethyl adjacent to an activating group) is 1. The zero-order chi connectivity index (χ0) is 26.7. The predicted molar refractivity (Wildman–Crippen MR) is 137 cm³/mol. The monoisotopic (exact) mass is 529 g/mol. The van der Waals surface area contributed by atoms with Gasteiger partial charge >= 0.3 is 0 Å². The summed E-state index contributed by atoms with van der Waals surface area (Å²) in [4.78, 5) is 33.5. The molecule has 0 aliphatic carbocycles. The number of carbonyl (C=O) groups excluding carboxylic acids is 2. The van der Waals surface area contributed by atoms with Crippen molar-refractivity contribution >= 4 is 34.9 Å². The number of rotatable bonds is 6. The minimum atomic E-state index is -1.11. The van der Waals surface area contributed by atoms with E-state index in [-0.39, 0.29) is 33.6 Å². The van der Waals surface area contributed by atoms with Gasteiger partial charge in [-0.2, -0.15) is 0 Å². The van der Waals surface area contributed by atoms with Crippen LogP contribution in [0.25, 0.3) is 0 Å². The lowest BCUT2D eigenvalue weighted by Gasteiger charge is -2.32. The summed E-state index contributed by atoms with van der Waals surface area (Å²) in [5.74, 6) is -2.42. The van der Waals surface area contributed by atoms with Crippen LogP contribution in [0.2, 0.25) is 5.02 Å². The summed E-state index contributed by atoms with van der Waals surface area (Å²) in [6.45, 7) is 4.40. The van der Waals surface area contributed by atoms with Gasteiger partial charge in [0.1, 0.15) is 11.9 Å². The fourth-order valence-electron chi connectivity index (χ4n) is 3.93. The summed E-state index contributed by atoms with van der Waals surface area (Å²) >= 11 is 5.77. The Bertz CT molecular complexity index is 1310. The van der Waals surface area contributed by atoms with Crippen LogP contribution in [0.15, 0.2) is 48.7 Å². The molecule has 37 heavy (non-hydrogen) atoms. The number of nitrogen functional groups attached to an aromatic ring is 1. The first-order valence-corrected chi connectivity index (χ1v) is 12.0. The normalized spacial score (nSPS) is 14.8. The Morgan fingerprint density at radius 2 is 1.76 bits per heavy atom. The van der Waals surface area contributed by atoms with Gasteiger partial charge in [-0.1, -0.05) is 11.6 Å². The first-order chi connectivity index (χ1) is 17.6. The fourth-order valence-corrected chi connectivity index (χ4v) is 4.09. The van der Waals surface area contributed by atoms with Gasteiger partial charge < -0.3 is 25.6 Å². The van der Waals surface area contributed by atoms with E-state index in [1.165, 1.54) is 19.2 Å². The number of nitrogens with zero attached hydrogens (tertiary/aromatic N) is 3. The van der Waals surface area contributed by atoms with Crippen LogP contribution in [0.3, 0.4) is 0 Å². The van der Waals surface area contributed by atoms with E-state index in [1.54, 1.807) is 29.2 Å². The molecule has 0 spiro atoms. The molecule has 2 heterocycles. The number of hydrogen-bond donors (Lipinski definition) is 2. The van der Waals surface area contributed by atoms with Crippen LogP contribution in [0, 0.1) is 11.6 Å². The smallest absolute Gasteiger partial charge is 0.257 e. The molecule has 11 heteroatoms. The van der Waals surface area contributed by atoms with Crippen molar-refractivity contribution in [3.05, 3.63) is 82.0 Å². The van der Waals surface area contributed by atoms with Crippen LogP contribution in [0.1, 0.15) is 39.3 Å². The molecule has 1 aliphatic heterocycles. The summed E-state index contributed by atoms with van der Waals surface area (Å²) in [6.07, 6.45) is 0.153. The van der Waals surface area contributed by atoms with E-state index in [1.807, 2.05) is 7.05 Å². The van der Waals surface area contributed by atoms with Crippen molar-refractivity contribution in [3.8, 4) is 5.75 Å². The number of ether oxygens (including phenoxy) is 1. The molecule has 0 unspecified atom stereocenters. The summed E-state index contributed by atoms with van der Waals surface area (Å²) in [6, 6.07) is 10.1. The summed E-state index contributed by atoms with van der Waals surface area (Å²) in [7, 11) is 2.02. The van der Waals surface area contributed by atoms with Crippen LogP contribution in [-0.2, 0) is 0 Å². The third kappa shape index (κ3) is 5.98. The maximum atomic E-state index is 14.4. The molecule has 8 nitrogen and oxygen atoms in total. The second kappa shape index (κ2) is 11.1. The predicted octanol–water partition coefficient (Wildman–Crippen LogP) is 4.38. The van der Waals surface area contributed by atoms with Gasteiger partial charge in [0.05, 0.1) is 16.1 Å². The van der Waals surface area contributed by atoms with E-state index in [0.717, 1.165) is 25.2 Å². The number of anilines is 2. The summed E-state index contributed by atoms with van der Waals surface area (Å²) in [5.41, 5.74) is 6.61.